The first-order valence-corrected chi connectivity index (χ1v) is 6.74. The minimum Gasteiger partial charge on any atom is -0.478 e. The van der Waals surface area contributed by atoms with Gasteiger partial charge in [0.25, 0.3) is 0 Å². The SMILES string of the molecule is C[C@@H](NC(=O)Nc1sccc1C(=O)O)c1ccncc1. The van der Waals surface area contributed by atoms with Crippen LogP contribution in [-0.2, 0) is 0 Å². The zero-order valence-corrected chi connectivity index (χ0v) is 11.5. The highest BCUT2D eigenvalue weighted by molar-refractivity contribution is 7.14. The summed E-state index contributed by atoms with van der Waals surface area (Å²) < 4.78 is 0. The van der Waals surface area contributed by atoms with Gasteiger partial charge >= 0.3 is 12.0 Å². The molecule has 0 aliphatic heterocycles. The molecule has 20 heavy (non-hydrogen) atoms. The Labute approximate surface area is 119 Å². The molecule has 0 bridgehead atoms. The maximum absolute atomic E-state index is 11.8. The van der Waals surface area contributed by atoms with Crippen molar-refractivity contribution in [3.8, 4) is 0 Å². The lowest BCUT2D eigenvalue weighted by molar-refractivity contribution is 0.0698. The summed E-state index contributed by atoms with van der Waals surface area (Å²) in [5, 5.41) is 16.2. The molecule has 0 aliphatic carbocycles. The number of nitrogens with zero attached hydrogens (tertiary/aromatic N) is 1. The van der Waals surface area contributed by atoms with E-state index in [1.54, 1.807) is 29.9 Å². The number of pyridine rings is 1. The average molecular weight is 291 g/mol. The van der Waals surface area contributed by atoms with Crippen molar-refractivity contribution in [3.63, 3.8) is 0 Å². The van der Waals surface area contributed by atoms with Gasteiger partial charge in [-0.2, -0.15) is 0 Å². The number of carboxylic acid groups (broad SMARTS) is 1. The molecule has 2 amide bonds. The molecule has 0 aromatic carbocycles. The van der Waals surface area contributed by atoms with Crippen molar-refractivity contribution >= 4 is 28.3 Å². The largest absolute Gasteiger partial charge is 0.478 e. The van der Waals surface area contributed by atoms with E-state index >= 15 is 0 Å². The molecule has 2 heterocycles. The lowest BCUT2D eigenvalue weighted by Gasteiger charge is -2.14. The van der Waals surface area contributed by atoms with Crippen molar-refractivity contribution in [3.05, 3.63) is 47.1 Å². The predicted molar refractivity (Wildman–Crippen MR) is 76.1 cm³/mol. The molecule has 0 unspecified atom stereocenters. The fraction of sp³-hybridized carbons (Fsp3) is 0.154. The lowest BCUT2D eigenvalue weighted by Crippen LogP contribution is -2.31. The summed E-state index contributed by atoms with van der Waals surface area (Å²) in [6.07, 6.45) is 3.29. The van der Waals surface area contributed by atoms with Crippen LogP contribution in [0.5, 0.6) is 0 Å². The Bertz CT molecular complexity index is 612. The Morgan fingerprint density at radius 2 is 2.00 bits per heavy atom. The second-order valence-electron chi connectivity index (χ2n) is 4.07. The van der Waals surface area contributed by atoms with E-state index in [0.29, 0.717) is 5.00 Å². The van der Waals surface area contributed by atoms with Crippen LogP contribution < -0.4 is 10.6 Å². The molecular weight excluding hydrogens is 278 g/mol. The smallest absolute Gasteiger partial charge is 0.338 e. The molecule has 0 saturated heterocycles. The Morgan fingerprint density at radius 1 is 1.30 bits per heavy atom. The van der Waals surface area contributed by atoms with E-state index in [-0.39, 0.29) is 11.6 Å². The summed E-state index contributed by atoms with van der Waals surface area (Å²) in [6.45, 7) is 1.83. The number of carboxylic acids is 1. The molecule has 6 nitrogen and oxygen atoms in total. The average Bonchev–Trinajstić information content (AvgIpc) is 2.87. The van der Waals surface area contributed by atoms with Gasteiger partial charge in [0.15, 0.2) is 0 Å². The Balaban J connectivity index is 1.99. The summed E-state index contributed by atoms with van der Waals surface area (Å²) in [6, 6.07) is 4.41. The molecule has 7 heteroatoms. The number of aromatic nitrogens is 1. The van der Waals surface area contributed by atoms with Crippen LogP contribution in [0.15, 0.2) is 36.0 Å². The van der Waals surface area contributed by atoms with Gasteiger partial charge in [-0.05, 0) is 36.1 Å². The number of carbonyl (C=O) groups excluding carboxylic acids is 1. The van der Waals surface area contributed by atoms with Crippen molar-refractivity contribution < 1.29 is 14.7 Å². The molecule has 3 N–H and O–H groups in total. The van der Waals surface area contributed by atoms with Gasteiger partial charge in [-0.25, -0.2) is 9.59 Å². The van der Waals surface area contributed by atoms with Crippen molar-refractivity contribution in [2.45, 2.75) is 13.0 Å². The van der Waals surface area contributed by atoms with E-state index in [2.05, 4.69) is 15.6 Å². The molecule has 0 aliphatic rings. The third-order valence-corrected chi connectivity index (χ3v) is 3.51. The summed E-state index contributed by atoms with van der Waals surface area (Å²) in [7, 11) is 0. The van der Waals surface area contributed by atoms with E-state index in [1.807, 2.05) is 6.92 Å². The topological polar surface area (TPSA) is 91.3 Å². The Morgan fingerprint density at radius 3 is 2.65 bits per heavy atom. The number of carbonyl (C=O) groups is 2. The zero-order valence-electron chi connectivity index (χ0n) is 10.7. The van der Waals surface area contributed by atoms with E-state index in [0.717, 1.165) is 5.56 Å². The minimum atomic E-state index is -1.07. The third kappa shape index (κ3) is 3.33. The van der Waals surface area contributed by atoms with Crippen LogP contribution in [0.4, 0.5) is 9.80 Å². The molecule has 0 radical (unpaired) electrons. The van der Waals surface area contributed by atoms with Gasteiger partial charge in [0, 0.05) is 12.4 Å². The van der Waals surface area contributed by atoms with Gasteiger partial charge in [-0.15, -0.1) is 11.3 Å². The Kier molecular flexibility index (Phi) is 4.31. The van der Waals surface area contributed by atoms with Crippen LogP contribution in [0.25, 0.3) is 0 Å². The number of hydrogen-bond acceptors (Lipinski definition) is 4. The van der Waals surface area contributed by atoms with Crippen LogP contribution in [0.3, 0.4) is 0 Å². The van der Waals surface area contributed by atoms with Gasteiger partial charge in [0.05, 0.1) is 11.6 Å². The number of aromatic carboxylic acids is 1. The van der Waals surface area contributed by atoms with Crippen molar-refractivity contribution in [2.24, 2.45) is 0 Å². The maximum atomic E-state index is 11.8. The first-order valence-electron chi connectivity index (χ1n) is 5.86. The van der Waals surface area contributed by atoms with Crippen LogP contribution >= 0.6 is 11.3 Å². The fourth-order valence-electron chi connectivity index (χ4n) is 1.65. The quantitative estimate of drug-likeness (QED) is 0.807. The normalized spacial score (nSPS) is 11.7. The number of anilines is 1. The summed E-state index contributed by atoms with van der Waals surface area (Å²) >= 11 is 1.17. The van der Waals surface area contributed by atoms with Crippen LogP contribution in [0, 0.1) is 0 Å². The molecule has 2 aromatic heterocycles. The first kappa shape index (κ1) is 14.0. The standard InChI is InChI=1S/C13H13N3O3S/c1-8(9-2-5-14-6-3-9)15-13(19)16-11-10(12(17)18)4-7-20-11/h2-8H,1H3,(H,17,18)(H2,15,16,19)/t8-/m1/s1. The van der Waals surface area contributed by atoms with Gasteiger partial charge in [0.1, 0.15) is 5.00 Å². The first-order chi connectivity index (χ1) is 9.58. The van der Waals surface area contributed by atoms with E-state index < -0.39 is 12.0 Å². The summed E-state index contributed by atoms with van der Waals surface area (Å²) in [4.78, 5) is 26.7. The van der Waals surface area contributed by atoms with Crippen molar-refractivity contribution in [2.75, 3.05) is 5.32 Å². The second-order valence-corrected chi connectivity index (χ2v) is 4.99. The van der Waals surface area contributed by atoms with E-state index in [1.165, 1.54) is 17.4 Å². The van der Waals surface area contributed by atoms with E-state index in [4.69, 9.17) is 5.11 Å². The third-order valence-electron chi connectivity index (χ3n) is 2.68. The highest BCUT2D eigenvalue weighted by atomic mass is 32.1. The van der Waals surface area contributed by atoms with Crippen molar-refractivity contribution in [1.29, 1.82) is 0 Å². The maximum Gasteiger partial charge on any atom is 0.338 e. The predicted octanol–water partition coefficient (Wildman–Crippen LogP) is 2.72. The number of urea groups is 1. The molecule has 0 saturated carbocycles. The monoisotopic (exact) mass is 291 g/mol. The number of rotatable bonds is 4. The number of nitrogens with one attached hydrogen (secondary N) is 2. The van der Waals surface area contributed by atoms with Crippen molar-refractivity contribution in [1.82, 2.24) is 10.3 Å². The van der Waals surface area contributed by atoms with Gasteiger partial charge in [-0.3, -0.25) is 10.3 Å². The number of amides is 2. The highest BCUT2D eigenvalue weighted by Crippen LogP contribution is 2.23. The number of thiophene rings is 1. The molecular formula is C13H13N3O3S. The van der Waals surface area contributed by atoms with Crippen LogP contribution in [0.1, 0.15) is 28.9 Å². The lowest BCUT2D eigenvalue weighted by atomic mass is 10.1. The molecule has 2 rings (SSSR count). The van der Waals surface area contributed by atoms with Gasteiger partial charge < -0.3 is 10.4 Å². The molecule has 2 aromatic rings. The highest BCUT2D eigenvalue weighted by Gasteiger charge is 2.15. The fourth-order valence-corrected chi connectivity index (χ4v) is 2.42. The zero-order chi connectivity index (χ0) is 14.5. The van der Waals surface area contributed by atoms with Gasteiger partial charge in [-0.1, -0.05) is 0 Å². The minimum absolute atomic E-state index is 0.0849. The number of hydrogen-bond donors (Lipinski definition) is 3. The Hall–Kier alpha value is -2.41. The van der Waals surface area contributed by atoms with Gasteiger partial charge in [0.2, 0.25) is 0 Å². The molecule has 0 spiro atoms. The summed E-state index contributed by atoms with van der Waals surface area (Å²) in [5.41, 5.74) is 1.00. The second kappa shape index (κ2) is 6.16. The van der Waals surface area contributed by atoms with Crippen LogP contribution in [-0.4, -0.2) is 22.1 Å². The molecule has 104 valence electrons. The molecule has 0 fully saturated rings. The van der Waals surface area contributed by atoms with Crippen LogP contribution in [0.2, 0.25) is 0 Å². The molecule has 1 atom stereocenters. The summed E-state index contributed by atoms with van der Waals surface area (Å²) in [5.74, 6) is -1.07. The van der Waals surface area contributed by atoms with E-state index in [9.17, 15) is 9.59 Å².